The molecule has 1 atom stereocenters. The third-order valence-electron chi connectivity index (χ3n) is 5.14. The first-order valence-electron chi connectivity index (χ1n) is 11.9. The molecule has 1 aliphatic carbocycles. The molecule has 4 rings (SSSR count). The molecule has 1 aromatic carbocycles. The molecule has 0 amide bonds. The number of fused-ring (bicyclic) bond motifs is 1. The van der Waals surface area contributed by atoms with E-state index in [0.717, 1.165) is 34.4 Å². The van der Waals surface area contributed by atoms with Crippen LogP contribution in [0, 0.1) is 11.8 Å². The molecule has 6 heteroatoms. The van der Waals surface area contributed by atoms with Crippen molar-refractivity contribution in [2.45, 2.75) is 58.5 Å². The van der Waals surface area contributed by atoms with Crippen LogP contribution in [0.5, 0.6) is 0 Å². The molecule has 34 heavy (non-hydrogen) atoms. The number of anilines is 1. The highest BCUT2D eigenvalue weighted by atomic mass is 35.5. The number of unbranched alkanes of at least 4 members (excludes halogenated alkanes) is 1. The fraction of sp³-hybridized carbons (Fsp3) is 0.393. The molecule has 0 radical (unpaired) electrons. The Labute approximate surface area is 213 Å². The highest BCUT2D eigenvalue weighted by Gasteiger charge is 2.14. The molecule has 0 aliphatic heterocycles. The van der Waals surface area contributed by atoms with Gasteiger partial charge >= 0.3 is 0 Å². The maximum atomic E-state index is 8.85. The number of pyridine rings is 1. The maximum absolute atomic E-state index is 8.85. The van der Waals surface area contributed by atoms with Gasteiger partial charge in [-0.1, -0.05) is 79.8 Å². The predicted octanol–water partition coefficient (Wildman–Crippen LogP) is 6.79. The van der Waals surface area contributed by atoms with Gasteiger partial charge in [-0.2, -0.15) is 0 Å². The summed E-state index contributed by atoms with van der Waals surface area (Å²) in [4.78, 5) is 6.67. The summed E-state index contributed by atoms with van der Waals surface area (Å²) in [5.41, 5.74) is 9.64. The van der Waals surface area contributed by atoms with E-state index in [9.17, 15) is 0 Å². The van der Waals surface area contributed by atoms with E-state index >= 15 is 0 Å². The fourth-order valence-electron chi connectivity index (χ4n) is 3.42. The highest BCUT2D eigenvalue weighted by Crippen LogP contribution is 2.35. The van der Waals surface area contributed by atoms with Gasteiger partial charge in [0.05, 0.1) is 16.0 Å². The Hall–Kier alpha value is -2.36. The molecule has 2 aromatic heterocycles. The van der Waals surface area contributed by atoms with E-state index in [1.165, 1.54) is 18.4 Å². The smallest absolute Gasteiger partial charge is 0.131 e. The Morgan fingerprint density at radius 1 is 1.24 bits per heavy atom. The van der Waals surface area contributed by atoms with Gasteiger partial charge in [0.1, 0.15) is 10.7 Å². The molecular weight excluding hydrogens is 462 g/mol. The largest absolute Gasteiger partial charge is 0.396 e. The Morgan fingerprint density at radius 3 is 2.62 bits per heavy atom. The van der Waals surface area contributed by atoms with Gasteiger partial charge in [-0.3, -0.25) is 0 Å². The van der Waals surface area contributed by atoms with Crippen LogP contribution in [0.3, 0.4) is 0 Å². The topological polar surface area (TPSA) is 62.4 Å². The third-order valence-corrected chi connectivity index (χ3v) is 6.32. The lowest BCUT2D eigenvalue weighted by molar-refractivity contribution is 0.290. The molecule has 1 aliphatic rings. The molecule has 1 unspecified atom stereocenters. The van der Waals surface area contributed by atoms with E-state index in [4.69, 9.17) is 22.4 Å². The zero-order valence-corrected chi connectivity index (χ0v) is 22.0. The average molecular weight is 498 g/mol. The van der Waals surface area contributed by atoms with Crippen molar-refractivity contribution in [1.82, 2.24) is 4.98 Å². The Kier molecular flexibility index (Phi) is 12.7. The van der Waals surface area contributed by atoms with Crippen molar-refractivity contribution in [2.75, 3.05) is 18.6 Å². The van der Waals surface area contributed by atoms with E-state index in [2.05, 4.69) is 53.1 Å². The second kappa shape index (κ2) is 15.5. The van der Waals surface area contributed by atoms with E-state index in [0.29, 0.717) is 24.0 Å². The first-order chi connectivity index (χ1) is 16.6. The van der Waals surface area contributed by atoms with Gasteiger partial charge in [0.2, 0.25) is 0 Å². The van der Waals surface area contributed by atoms with E-state index < -0.39 is 0 Å². The van der Waals surface area contributed by atoms with Crippen LogP contribution in [-0.2, 0) is 6.54 Å². The van der Waals surface area contributed by atoms with Gasteiger partial charge in [-0.25, -0.2) is 4.98 Å². The SMILES string of the molecule is CC.CN(Cc1ccccc1)c1cc(Cl)nc2c(C#CCCCO)csc12.NC1CC=CCC1. The molecule has 0 bridgehead atoms. The molecule has 3 N–H and O–H groups in total. The van der Waals surface area contributed by atoms with Crippen LogP contribution < -0.4 is 10.6 Å². The van der Waals surface area contributed by atoms with Crippen molar-refractivity contribution < 1.29 is 5.11 Å². The summed E-state index contributed by atoms with van der Waals surface area (Å²) in [6.07, 6.45) is 9.17. The van der Waals surface area contributed by atoms with E-state index in [1.807, 2.05) is 43.5 Å². The van der Waals surface area contributed by atoms with Crippen molar-refractivity contribution in [1.29, 1.82) is 0 Å². The Bertz CT molecular complexity index is 1090. The van der Waals surface area contributed by atoms with Crippen LogP contribution in [0.25, 0.3) is 10.2 Å². The summed E-state index contributed by atoms with van der Waals surface area (Å²) < 4.78 is 1.09. The number of benzene rings is 1. The molecular formula is C28H36ClN3OS. The number of hydrogen-bond acceptors (Lipinski definition) is 5. The summed E-state index contributed by atoms with van der Waals surface area (Å²) >= 11 is 7.91. The quantitative estimate of drug-likeness (QED) is 0.176. The predicted molar refractivity (Wildman–Crippen MR) is 149 cm³/mol. The molecule has 0 saturated carbocycles. The van der Waals surface area contributed by atoms with Crippen molar-refractivity contribution in [2.24, 2.45) is 5.73 Å². The van der Waals surface area contributed by atoms with Crippen molar-refractivity contribution in [3.8, 4) is 11.8 Å². The summed E-state index contributed by atoms with van der Waals surface area (Å²) in [6.45, 7) is 4.96. The number of aliphatic hydroxyl groups excluding tert-OH is 1. The van der Waals surface area contributed by atoms with Crippen LogP contribution in [0.2, 0.25) is 5.15 Å². The zero-order chi connectivity index (χ0) is 24.8. The minimum atomic E-state index is 0.164. The van der Waals surface area contributed by atoms with Crippen LogP contribution >= 0.6 is 22.9 Å². The van der Waals surface area contributed by atoms with Crippen molar-refractivity contribution in [3.05, 3.63) is 70.2 Å². The third kappa shape index (κ3) is 8.77. The summed E-state index contributed by atoms with van der Waals surface area (Å²) in [5.74, 6) is 6.24. The second-order valence-corrected chi connectivity index (χ2v) is 9.07. The first-order valence-corrected chi connectivity index (χ1v) is 13.2. The number of nitrogens with two attached hydrogens (primary N) is 1. The number of halogens is 1. The molecule has 2 heterocycles. The van der Waals surface area contributed by atoms with Crippen LogP contribution in [0.4, 0.5) is 5.69 Å². The molecule has 0 spiro atoms. The average Bonchev–Trinajstić information content (AvgIpc) is 3.26. The standard InChI is InChI=1S/C20H19ClN2OS.C6H11N.C2H6/c1-23(13-15-8-4-2-5-9-15)17-12-18(21)22-19-16(14-25-20(17)19)10-6-3-7-11-24;7-6-4-2-1-3-5-6;1-2/h2,4-5,8-9,12,14,24H,3,7,11,13H2,1H3;1-2,6H,3-5,7H2;1-2H3. The Balaban J connectivity index is 0.000000384. The zero-order valence-electron chi connectivity index (χ0n) is 20.4. The number of hydrogen-bond donors (Lipinski definition) is 2. The van der Waals surface area contributed by atoms with Gasteiger partial charge in [-0.05, 0) is 31.2 Å². The van der Waals surface area contributed by atoms with Crippen molar-refractivity contribution >= 4 is 38.8 Å². The second-order valence-electron chi connectivity index (χ2n) is 7.81. The number of thiophene rings is 1. The minimum absolute atomic E-state index is 0.164. The monoisotopic (exact) mass is 497 g/mol. The van der Waals surface area contributed by atoms with E-state index in [1.54, 1.807) is 11.3 Å². The molecule has 0 fully saturated rings. The summed E-state index contributed by atoms with van der Waals surface area (Å²) in [7, 11) is 2.06. The molecule has 0 saturated heterocycles. The number of aromatic nitrogens is 1. The lowest BCUT2D eigenvalue weighted by Crippen LogP contribution is -2.19. The summed E-state index contributed by atoms with van der Waals surface area (Å²) in [5, 5.41) is 11.3. The highest BCUT2D eigenvalue weighted by molar-refractivity contribution is 7.18. The lowest BCUT2D eigenvalue weighted by Gasteiger charge is -2.20. The van der Waals surface area contributed by atoms with Gasteiger partial charge < -0.3 is 15.7 Å². The Morgan fingerprint density at radius 2 is 2.00 bits per heavy atom. The van der Waals surface area contributed by atoms with Crippen molar-refractivity contribution in [3.63, 3.8) is 0 Å². The molecule has 182 valence electrons. The normalized spacial score (nSPS) is 14.2. The number of aliphatic hydroxyl groups is 1. The molecule has 4 nitrogen and oxygen atoms in total. The lowest BCUT2D eigenvalue weighted by atomic mass is 10.0. The minimum Gasteiger partial charge on any atom is -0.396 e. The van der Waals surface area contributed by atoms with E-state index in [-0.39, 0.29) is 6.61 Å². The van der Waals surface area contributed by atoms with Crippen LogP contribution in [0.1, 0.15) is 57.1 Å². The van der Waals surface area contributed by atoms with Crippen LogP contribution in [0.15, 0.2) is 53.9 Å². The maximum Gasteiger partial charge on any atom is 0.131 e. The number of rotatable bonds is 5. The van der Waals surface area contributed by atoms with Gasteiger partial charge in [0.15, 0.2) is 0 Å². The number of allylic oxidation sites excluding steroid dienone is 1. The first kappa shape index (κ1) is 27.9. The van der Waals surface area contributed by atoms with Gasteiger partial charge in [-0.15, -0.1) is 11.3 Å². The van der Waals surface area contributed by atoms with Gasteiger partial charge in [0, 0.05) is 44.1 Å². The van der Waals surface area contributed by atoms with Crippen LogP contribution in [-0.4, -0.2) is 29.8 Å². The molecule has 3 aromatic rings. The summed E-state index contributed by atoms with van der Waals surface area (Å²) in [6, 6.07) is 12.7. The number of nitrogens with zero attached hydrogens (tertiary/aromatic N) is 2. The van der Waals surface area contributed by atoms with Gasteiger partial charge in [0.25, 0.3) is 0 Å². The fourth-order valence-corrected chi connectivity index (χ4v) is 4.62.